The number of hydrogen-bond acceptors (Lipinski definition) is 6. The largest absolute Gasteiger partial charge is 0.523 e. The van der Waals surface area contributed by atoms with Crippen molar-refractivity contribution in [3.8, 4) is 0 Å². The van der Waals surface area contributed by atoms with E-state index >= 15 is 0 Å². The van der Waals surface area contributed by atoms with Gasteiger partial charge in [-0.3, -0.25) is 4.18 Å². The van der Waals surface area contributed by atoms with Crippen LogP contribution in [-0.4, -0.2) is 60.2 Å². The van der Waals surface area contributed by atoms with Crippen LogP contribution >= 0.6 is 0 Å². The van der Waals surface area contributed by atoms with Gasteiger partial charge in [-0.15, -0.1) is 0 Å². The predicted octanol–water partition coefficient (Wildman–Crippen LogP) is 1.70. The first kappa shape index (κ1) is 20.6. The second kappa shape index (κ2) is 11.2. The molecule has 0 amide bonds. The van der Waals surface area contributed by atoms with Crippen LogP contribution in [-0.2, 0) is 28.5 Å². The predicted molar refractivity (Wildman–Crippen MR) is 68.3 cm³/mol. The molecule has 0 atom stereocenters. The van der Waals surface area contributed by atoms with Gasteiger partial charge in [0.15, 0.2) is 0 Å². The van der Waals surface area contributed by atoms with Crippen molar-refractivity contribution < 1.29 is 40.0 Å². The molecule has 128 valence electrons. The topological polar surface area (TPSA) is 71.1 Å². The summed E-state index contributed by atoms with van der Waals surface area (Å²) in [4.78, 5) is 0. The molecule has 0 aliphatic heterocycles. The Hall–Kier alpha value is -0.420. The standard InChI is InChI=1S/C11H21F3O6S/c1-2-4-17-5-3-6-18-7-8-19-9-10-20-21(15,16)11(12,13)14/h2-10H2,1H3. The summed E-state index contributed by atoms with van der Waals surface area (Å²) < 4.78 is 75.6. The fourth-order valence-electron chi connectivity index (χ4n) is 1.10. The smallest absolute Gasteiger partial charge is 0.381 e. The van der Waals surface area contributed by atoms with Crippen molar-refractivity contribution in [2.45, 2.75) is 25.3 Å². The number of halogens is 3. The number of ether oxygens (including phenoxy) is 3. The Kier molecular flexibility index (Phi) is 11.0. The molecule has 0 bridgehead atoms. The molecule has 21 heavy (non-hydrogen) atoms. The first-order valence-electron chi connectivity index (χ1n) is 6.50. The van der Waals surface area contributed by atoms with Crippen LogP contribution in [0.15, 0.2) is 0 Å². The van der Waals surface area contributed by atoms with E-state index in [0.717, 1.165) is 12.8 Å². The lowest BCUT2D eigenvalue weighted by atomic mass is 10.5. The highest BCUT2D eigenvalue weighted by atomic mass is 32.2. The third kappa shape index (κ3) is 10.9. The molecule has 0 aromatic heterocycles. The Labute approximate surface area is 122 Å². The van der Waals surface area contributed by atoms with Gasteiger partial charge in [0.1, 0.15) is 0 Å². The van der Waals surface area contributed by atoms with Crippen LogP contribution in [0.1, 0.15) is 19.8 Å². The van der Waals surface area contributed by atoms with Crippen LogP contribution in [0.25, 0.3) is 0 Å². The van der Waals surface area contributed by atoms with Crippen molar-refractivity contribution in [2.24, 2.45) is 0 Å². The molecule has 0 rings (SSSR count). The van der Waals surface area contributed by atoms with Crippen molar-refractivity contribution in [1.29, 1.82) is 0 Å². The van der Waals surface area contributed by atoms with Gasteiger partial charge in [0, 0.05) is 19.8 Å². The molecule has 10 heteroatoms. The second-order valence-electron chi connectivity index (χ2n) is 3.91. The summed E-state index contributed by atoms with van der Waals surface area (Å²) in [6.45, 7) is 3.28. The van der Waals surface area contributed by atoms with E-state index < -0.39 is 22.2 Å². The van der Waals surface area contributed by atoms with E-state index in [2.05, 4.69) is 4.18 Å². The van der Waals surface area contributed by atoms with E-state index in [1.165, 1.54) is 0 Å². The summed E-state index contributed by atoms with van der Waals surface area (Å²) in [7, 11) is -5.54. The average Bonchev–Trinajstić information content (AvgIpc) is 2.38. The van der Waals surface area contributed by atoms with Gasteiger partial charge in [-0.25, -0.2) is 0 Å². The van der Waals surface area contributed by atoms with Crippen LogP contribution in [0.4, 0.5) is 13.2 Å². The summed E-state index contributed by atoms with van der Waals surface area (Å²) in [5.74, 6) is 0. The zero-order valence-corrected chi connectivity index (χ0v) is 12.7. The van der Waals surface area contributed by atoms with Gasteiger partial charge in [0.25, 0.3) is 0 Å². The van der Waals surface area contributed by atoms with E-state index in [9.17, 15) is 21.6 Å². The van der Waals surface area contributed by atoms with Gasteiger partial charge in [0.05, 0.1) is 26.4 Å². The molecule has 0 spiro atoms. The van der Waals surface area contributed by atoms with Crippen LogP contribution in [0.3, 0.4) is 0 Å². The fourth-order valence-corrected chi connectivity index (χ4v) is 1.52. The molecule has 0 unspecified atom stereocenters. The molecule has 0 fully saturated rings. The Morgan fingerprint density at radius 2 is 1.29 bits per heavy atom. The molecule has 6 nitrogen and oxygen atoms in total. The molecule has 0 saturated heterocycles. The minimum atomic E-state index is -5.54. The molecule has 0 aliphatic rings. The molecule has 0 aliphatic carbocycles. The summed E-state index contributed by atoms with van der Waals surface area (Å²) in [5.41, 5.74) is -5.41. The highest BCUT2D eigenvalue weighted by Gasteiger charge is 2.47. The van der Waals surface area contributed by atoms with Crippen molar-refractivity contribution in [2.75, 3.05) is 46.2 Å². The highest BCUT2D eigenvalue weighted by Crippen LogP contribution is 2.24. The minimum Gasteiger partial charge on any atom is -0.381 e. The molecule has 0 saturated carbocycles. The lowest BCUT2D eigenvalue weighted by molar-refractivity contribution is -0.0559. The molecular weight excluding hydrogens is 317 g/mol. The highest BCUT2D eigenvalue weighted by molar-refractivity contribution is 7.87. The van der Waals surface area contributed by atoms with E-state index in [4.69, 9.17) is 14.2 Å². The first-order valence-corrected chi connectivity index (χ1v) is 7.91. The number of hydrogen-bond donors (Lipinski definition) is 0. The maximum absolute atomic E-state index is 11.9. The van der Waals surface area contributed by atoms with Crippen LogP contribution < -0.4 is 0 Å². The third-order valence-electron chi connectivity index (χ3n) is 2.05. The van der Waals surface area contributed by atoms with Gasteiger partial charge >= 0.3 is 15.6 Å². The lowest BCUT2D eigenvalue weighted by Crippen LogP contribution is -2.27. The van der Waals surface area contributed by atoms with E-state index in [-0.39, 0.29) is 19.8 Å². The molecular formula is C11H21F3O6S. The monoisotopic (exact) mass is 338 g/mol. The third-order valence-corrected chi connectivity index (χ3v) is 3.09. The summed E-state index contributed by atoms with van der Waals surface area (Å²) >= 11 is 0. The molecule has 0 aromatic carbocycles. The van der Waals surface area contributed by atoms with Crippen LogP contribution in [0.2, 0.25) is 0 Å². The first-order chi connectivity index (χ1) is 9.81. The van der Waals surface area contributed by atoms with E-state index in [1.54, 1.807) is 0 Å². The molecule has 0 aromatic rings. The van der Waals surface area contributed by atoms with Crippen molar-refractivity contribution in [3.05, 3.63) is 0 Å². The van der Waals surface area contributed by atoms with E-state index in [0.29, 0.717) is 19.8 Å². The SMILES string of the molecule is CCCOCCCOCCOCCOS(=O)(=O)C(F)(F)F. The minimum absolute atomic E-state index is 0.144. The Morgan fingerprint density at radius 1 is 0.810 bits per heavy atom. The summed E-state index contributed by atoms with van der Waals surface area (Å²) in [6.07, 6.45) is 1.70. The maximum atomic E-state index is 11.9. The van der Waals surface area contributed by atoms with Gasteiger partial charge in [0.2, 0.25) is 0 Å². The summed E-state index contributed by atoms with van der Waals surface area (Å²) in [5, 5.41) is 0. The Morgan fingerprint density at radius 3 is 1.81 bits per heavy atom. The quantitative estimate of drug-likeness (QED) is 0.289. The number of rotatable bonds is 13. The number of alkyl halides is 3. The molecule has 0 N–H and O–H groups in total. The summed E-state index contributed by atoms with van der Waals surface area (Å²) in [6, 6.07) is 0. The van der Waals surface area contributed by atoms with Crippen molar-refractivity contribution in [3.63, 3.8) is 0 Å². The second-order valence-corrected chi connectivity index (χ2v) is 5.52. The molecule has 0 heterocycles. The van der Waals surface area contributed by atoms with Gasteiger partial charge in [-0.2, -0.15) is 21.6 Å². The Balaban J connectivity index is 3.34. The van der Waals surface area contributed by atoms with Gasteiger partial charge in [-0.1, -0.05) is 6.92 Å². The van der Waals surface area contributed by atoms with Gasteiger partial charge in [-0.05, 0) is 12.8 Å². The average molecular weight is 338 g/mol. The van der Waals surface area contributed by atoms with Crippen LogP contribution in [0.5, 0.6) is 0 Å². The normalized spacial score (nSPS) is 12.8. The molecule has 0 radical (unpaired) electrons. The van der Waals surface area contributed by atoms with Gasteiger partial charge < -0.3 is 14.2 Å². The van der Waals surface area contributed by atoms with Crippen LogP contribution in [0, 0.1) is 0 Å². The fraction of sp³-hybridized carbons (Fsp3) is 1.00. The zero-order valence-electron chi connectivity index (χ0n) is 11.9. The Bertz CT molecular complexity index is 344. The van der Waals surface area contributed by atoms with E-state index in [1.807, 2.05) is 6.92 Å². The zero-order chi connectivity index (χ0) is 16.2. The van der Waals surface area contributed by atoms with Crippen molar-refractivity contribution >= 4 is 10.1 Å². The lowest BCUT2D eigenvalue weighted by Gasteiger charge is -2.09. The maximum Gasteiger partial charge on any atom is 0.523 e. The van der Waals surface area contributed by atoms with Crippen molar-refractivity contribution in [1.82, 2.24) is 0 Å².